The van der Waals surface area contributed by atoms with E-state index in [0.29, 0.717) is 5.69 Å². The summed E-state index contributed by atoms with van der Waals surface area (Å²) in [5.41, 5.74) is 2.62. The minimum atomic E-state index is -0.0264. The molecule has 1 atom stereocenters. The van der Waals surface area contributed by atoms with Crippen LogP contribution in [0.3, 0.4) is 0 Å². The van der Waals surface area contributed by atoms with Crippen LogP contribution in [0.1, 0.15) is 37.1 Å². The second-order valence-electron chi connectivity index (χ2n) is 6.57. The maximum atomic E-state index is 8.85. The van der Waals surface area contributed by atoms with Gasteiger partial charge in [-0.3, -0.25) is 0 Å². The van der Waals surface area contributed by atoms with Gasteiger partial charge in [-0.15, -0.1) is 0 Å². The van der Waals surface area contributed by atoms with Crippen molar-refractivity contribution >= 4 is 5.69 Å². The summed E-state index contributed by atoms with van der Waals surface area (Å²) in [6, 6.07) is 16.4. The van der Waals surface area contributed by atoms with Crippen LogP contribution in [0.4, 0.5) is 5.69 Å². The highest BCUT2D eigenvalue weighted by molar-refractivity contribution is 5.43. The van der Waals surface area contributed by atoms with E-state index in [-0.39, 0.29) is 11.6 Å². The number of pyridine rings is 1. The quantitative estimate of drug-likeness (QED) is 0.847. The van der Waals surface area contributed by atoms with Gasteiger partial charge in [0.15, 0.2) is 0 Å². The molecule has 1 aromatic carbocycles. The summed E-state index contributed by atoms with van der Waals surface area (Å²) >= 11 is 0. The molecule has 0 aliphatic carbocycles. The number of ether oxygens (including phenoxy) is 1. The lowest BCUT2D eigenvalue weighted by atomic mass is 9.88. The van der Waals surface area contributed by atoms with Crippen LogP contribution in [0.15, 0.2) is 48.7 Å². The summed E-state index contributed by atoms with van der Waals surface area (Å²) in [4.78, 5) is 4.12. The molecule has 1 fully saturated rings. The molecule has 1 aliphatic heterocycles. The van der Waals surface area contributed by atoms with Crippen LogP contribution in [-0.2, 0) is 4.74 Å². The fourth-order valence-electron chi connectivity index (χ4n) is 3.25. The summed E-state index contributed by atoms with van der Waals surface area (Å²) in [6.45, 7) is 4.53. The maximum Gasteiger partial charge on any atom is 0.140 e. The third-order valence-electron chi connectivity index (χ3n) is 4.78. The van der Waals surface area contributed by atoms with Crippen molar-refractivity contribution in [2.75, 3.05) is 25.1 Å². The zero-order chi connectivity index (χ0) is 17.5. The Labute approximate surface area is 149 Å². The van der Waals surface area contributed by atoms with Crippen LogP contribution >= 0.6 is 0 Å². The maximum absolute atomic E-state index is 8.85. The number of hydrogen-bond acceptors (Lipinski definition) is 5. The van der Waals surface area contributed by atoms with Gasteiger partial charge in [0.05, 0.1) is 11.9 Å². The molecule has 3 rings (SSSR count). The third kappa shape index (κ3) is 4.56. The second-order valence-corrected chi connectivity index (χ2v) is 6.57. The van der Waals surface area contributed by atoms with Crippen molar-refractivity contribution < 1.29 is 4.74 Å². The topological polar surface area (TPSA) is 70.0 Å². The molecule has 130 valence electrons. The van der Waals surface area contributed by atoms with E-state index >= 15 is 0 Å². The van der Waals surface area contributed by atoms with E-state index < -0.39 is 0 Å². The van der Waals surface area contributed by atoms with Crippen LogP contribution in [0.2, 0.25) is 0 Å². The normalized spacial score (nSPS) is 17.4. The number of aromatic nitrogens is 1. The molecule has 2 N–H and O–H groups in total. The number of nitrogens with zero attached hydrogens (tertiary/aromatic N) is 2. The predicted octanol–water partition coefficient (Wildman–Crippen LogP) is 3.27. The Hall–Kier alpha value is -2.42. The third-order valence-corrected chi connectivity index (χ3v) is 4.78. The van der Waals surface area contributed by atoms with Crippen molar-refractivity contribution in [1.29, 1.82) is 5.26 Å². The lowest BCUT2D eigenvalue weighted by Crippen LogP contribution is -2.54. The fourth-order valence-corrected chi connectivity index (χ4v) is 3.25. The monoisotopic (exact) mass is 336 g/mol. The summed E-state index contributed by atoms with van der Waals surface area (Å²) in [5, 5.41) is 16.2. The fraction of sp³-hybridized carbons (Fsp3) is 0.400. The molecular weight excluding hydrogens is 312 g/mol. The Kier molecular flexibility index (Phi) is 5.64. The molecule has 1 aliphatic rings. The molecule has 5 heteroatoms. The van der Waals surface area contributed by atoms with Crippen molar-refractivity contribution in [3.63, 3.8) is 0 Å². The zero-order valence-electron chi connectivity index (χ0n) is 14.5. The highest BCUT2D eigenvalue weighted by Gasteiger charge is 2.33. The number of nitrogens with one attached hydrogen (secondary N) is 2. The van der Waals surface area contributed by atoms with E-state index in [4.69, 9.17) is 10.00 Å². The number of nitriles is 1. The van der Waals surface area contributed by atoms with Crippen LogP contribution in [0, 0.1) is 11.3 Å². The lowest BCUT2D eigenvalue weighted by Gasteiger charge is -2.41. The highest BCUT2D eigenvalue weighted by Crippen LogP contribution is 2.26. The number of benzene rings is 1. The summed E-state index contributed by atoms with van der Waals surface area (Å²) in [6.07, 6.45) is 3.63. The van der Waals surface area contributed by atoms with Crippen LogP contribution in [0.5, 0.6) is 0 Å². The van der Waals surface area contributed by atoms with Gasteiger partial charge in [0.25, 0.3) is 0 Å². The molecule has 0 bridgehead atoms. The van der Waals surface area contributed by atoms with Crippen LogP contribution < -0.4 is 10.6 Å². The first-order chi connectivity index (χ1) is 12.2. The Bertz CT molecular complexity index is 703. The van der Waals surface area contributed by atoms with Gasteiger partial charge < -0.3 is 15.4 Å². The Morgan fingerprint density at radius 2 is 1.96 bits per heavy atom. The molecule has 0 saturated carbocycles. The van der Waals surface area contributed by atoms with E-state index in [9.17, 15) is 0 Å². The average Bonchev–Trinajstić information content (AvgIpc) is 2.68. The number of hydrogen-bond donors (Lipinski definition) is 2. The summed E-state index contributed by atoms with van der Waals surface area (Å²) < 4.78 is 5.58. The summed E-state index contributed by atoms with van der Waals surface area (Å²) in [7, 11) is 0. The largest absolute Gasteiger partial charge is 0.382 e. The van der Waals surface area contributed by atoms with E-state index in [1.165, 1.54) is 5.56 Å². The van der Waals surface area contributed by atoms with Crippen molar-refractivity contribution in [3.05, 3.63) is 59.9 Å². The highest BCUT2D eigenvalue weighted by atomic mass is 16.5. The standard InChI is InChI=1S/C20H24N4O/c1-16(17-5-3-2-4-6-17)24-20(9-11-25-12-10-20)15-23-19-8-7-18(13-21)22-14-19/h2-8,14,16,23-24H,9-12,15H2,1H3/t16-/m0/s1. The van der Waals surface area contributed by atoms with Crippen LogP contribution in [0.25, 0.3) is 0 Å². The lowest BCUT2D eigenvalue weighted by molar-refractivity contribution is 0.0389. The van der Waals surface area contributed by atoms with Gasteiger partial charge >= 0.3 is 0 Å². The first-order valence-electron chi connectivity index (χ1n) is 8.71. The molecule has 0 radical (unpaired) electrons. The van der Waals surface area contributed by atoms with E-state index in [1.807, 2.05) is 18.2 Å². The van der Waals surface area contributed by atoms with Crippen molar-refractivity contribution in [2.24, 2.45) is 0 Å². The van der Waals surface area contributed by atoms with E-state index in [2.05, 4.69) is 46.8 Å². The van der Waals surface area contributed by atoms with Crippen molar-refractivity contribution in [3.8, 4) is 6.07 Å². The molecule has 2 heterocycles. The SMILES string of the molecule is C[C@H](NC1(CNc2ccc(C#N)nc2)CCOCC1)c1ccccc1. The molecular formula is C20H24N4O. The van der Waals surface area contributed by atoms with Gasteiger partial charge in [0, 0.05) is 31.3 Å². The van der Waals surface area contributed by atoms with Crippen molar-refractivity contribution in [1.82, 2.24) is 10.3 Å². The van der Waals surface area contributed by atoms with Gasteiger partial charge in [-0.25, -0.2) is 4.98 Å². The van der Waals surface area contributed by atoms with Gasteiger partial charge in [-0.1, -0.05) is 30.3 Å². The Balaban J connectivity index is 1.68. The van der Waals surface area contributed by atoms with Gasteiger partial charge in [0.2, 0.25) is 0 Å². The molecule has 1 saturated heterocycles. The molecule has 0 spiro atoms. The molecule has 25 heavy (non-hydrogen) atoms. The van der Waals surface area contributed by atoms with E-state index in [0.717, 1.165) is 38.3 Å². The molecule has 0 unspecified atom stereocenters. The van der Waals surface area contributed by atoms with Gasteiger partial charge in [-0.05, 0) is 37.5 Å². The minimum absolute atomic E-state index is 0.0264. The number of rotatable bonds is 6. The van der Waals surface area contributed by atoms with Gasteiger partial charge in [0.1, 0.15) is 11.8 Å². The smallest absolute Gasteiger partial charge is 0.140 e. The first-order valence-corrected chi connectivity index (χ1v) is 8.71. The number of anilines is 1. The Morgan fingerprint density at radius 1 is 1.20 bits per heavy atom. The Morgan fingerprint density at radius 3 is 2.60 bits per heavy atom. The molecule has 2 aromatic rings. The molecule has 1 aromatic heterocycles. The van der Waals surface area contributed by atoms with E-state index in [1.54, 1.807) is 12.3 Å². The summed E-state index contributed by atoms with van der Waals surface area (Å²) in [5.74, 6) is 0. The molecule has 5 nitrogen and oxygen atoms in total. The average molecular weight is 336 g/mol. The second kappa shape index (κ2) is 8.11. The van der Waals surface area contributed by atoms with Crippen LogP contribution in [-0.4, -0.2) is 30.3 Å². The predicted molar refractivity (Wildman–Crippen MR) is 98.2 cm³/mol. The zero-order valence-corrected chi connectivity index (χ0v) is 14.5. The molecule has 0 amide bonds. The first kappa shape index (κ1) is 17.4. The van der Waals surface area contributed by atoms with Crippen molar-refractivity contribution in [2.45, 2.75) is 31.3 Å². The van der Waals surface area contributed by atoms with Gasteiger partial charge in [-0.2, -0.15) is 5.26 Å². The minimum Gasteiger partial charge on any atom is -0.382 e.